The third-order valence-corrected chi connectivity index (χ3v) is 4.64. The summed E-state index contributed by atoms with van der Waals surface area (Å²) in [5.74, 6) is 1.63. The number of carbonyl (C=O) groups is 1. The molecule has 0 aliphatic heterocycles. The second kappa shape index (κ2) is 11.5. The highest BCUT2D eigenvalue weighted by Gasteiger charge is 2.09. The number of benzene rings is 2. The van der Waals surface area contributed by atoms with Gasteiger partial charge in [-0.1, -0.05) is 32.0 Å². The van der Waals surface area contributed by atoms with Gasteiger partial charge in [-0.3, -0.25) is 4.79 Å². The van der Waals surface area contributed by atoms with Crippen LogP contribution in [0.3, 0.4) is 0 Å². The Balaban J connectivity index is 1.97. The van der Waals surface area contributed by atoms with E-state index in [4.69, 9.17) is 25.2 Å². The van der Waals surface area contributed by atoms with Gasteiger partial charge in [-0.15, -0.1) is 0 Å². The van der Waals surface area contributed by atoms with Crippen molar-refractivity contribution in [3.8, 4) is 23.3 Å². The van der Waals surface area contributed by atoms with Gasteiger partial charge in [0.2, 0.25) is 0 Å². The van der Waals surface area contributed by atoms with Crippen molar-refractivity contribution in [3.05, 3.63) is 59.2 Å². The molecule has 2 aromatic rings. The monoisotopic (exact) mass is 408 g/mol. The van der Waals surface area contributed by atoms with Crippen LogP contribution in [-0.2, 0) is 4.79 Å². The van der Waals surface area contributed by atoms with E-state index in [1.54, 1.807) is 24.3 Å². The lowest BCUT2D eigenvalue weighted by Crippen LogP contribution is -2.12. The number of amides is 1. The molecule has 6 heteroatoms. The van der Waals surface area contributed by atoms with Gasteiger partial charge in [0, 0.05) is 0 Å². The fourth-order valence-corrected chi connectivity index (χ4v) is 2.77. The van der Waals surface area contributed by atoms with Gasteiger partial charge in [0.05, 0.1) is 6.61 Å². The molecule has 6 nitrogen and oxygen atoms in total. The number of primary amides is 1. The SMILES string of the molecule is CCOc1cc(/C=C(\C#N)C(N)=O)ccc1OCCOc1ccc([C@H](C)CC)cc1. The van der Waals surface area contributed by atoms with E-state index in [1.807, 2.05) is 19.1 Å². The lowest BCUT2D eigenvalue weighted by molar-refractivity contribution is -0.114. The van der Waals surface area contributed by atoms with Gasteiger partial charge in [0.1, 0.15) is 30.6 Å². The molecule has 0 aliphatic carbocycles. The summed E-state index contributed by atoms with van der Waals surface area (Å²) >= 11 is 0. The molecule has 0 aliphatic rings. The Morgan fingerprint density at radius 2 is 1.77 bits per heavy atom. The molecule has 0 heterocycles. The number of nitriles is 1. The Morgan fingerprint density at radius 1 is 1.07 bits per heavy atom. The van der Waals surface area contributed by atoms with Gasteiger partial charge in [-0.2, -0.15) is 5.26 Å². The summed E-state index contributed by atoms with van der Waals surface area (Å²) in [7, 11) is 0. The average Bonchev–Trinajstić information content (AvgIpc) is 2.76. The van der Waals surface area contributed by atoms with Crippen molar-refractivity contribution >= 4 is 12.0 Å². The zero-order valence-electron chi connectivity index (χ0n) is 17.7. The van der Waals surface area contributed by atoms with Gasteiger partial charge in [-0.25, -0.2) is 0 Å². The van der Waals surface area contributed by atoms with E-state index in [9.17, 15) is 4.79 Å². The summed E-state index contributed by atoms with van der Waals surface area (Å²) < 4.78 is 17.2. The van der Waals surface area contributed by atoms with E-state index in [0.717, 1.165) is 12.2 Å². The molecule has 0 bridgehead atoms. The van der Waals surface area contributed by atoms with Crippen molar-refractivity contribution in [2.75, 3.05) is 19.8 Å². The van der Waals surface area contributed by atoms with Crippen LogP contribution in [0, 0.1) is 11.3 Å². The van der Waals surface area contributed by atoms with Gasteiger partial charge < -0.3 is 19.9 Å². The molecule has 0 radical (unpaired) electrons. The summed E-state index contributed by atoms with van der Waals surface area (Å²) in [6, 6.07) is 15.1. The van der Waals surface area contributed by atoms with Crippen molar-refractivity contribution in [1.29, 1.82) is 5.26 Å². The molecule has 0 aromatic heterocycles. The average molecular weight is 408 g/mol. The van der Waals surface area contributed by atoms with Crippen LogP contribution in [0.2, 0.25) is 0 Å². The lowest BCUT2D eigenvalue weighted by Gasteiger charge is -2.14. The van der Waals surface area contributed by atoms with E-state index in [-0.39, 0.29) is 5.57 Å². The van der Waals surface area contributed by atoms with Crippen LogP contribution in [0.5, 0.6) is 17.2 Å². The van der Waals surface area contributed by atoms with E-state index in [1.165, 1.54) is 11.6 Å². The van der Waals surface area contributed by atoms with E-state index >= 15 is 0 Å². The van der Waals surface area contributed by atoms with Gasteiger partial charge in [0.25, 0.3) is 5.91 Å². The van der Waals surface area contributed by atoms with Gasteiger partial charge >= 0.3 is 0 Å². The largest absolute Gasteiger partial charge is 0.490 e. The molecule has 158 valence electrons. The van der Waals surface area contributed by atoms with E-state index in [0.29, 0.717) is 42.8 Å². The predicted octanol–water partition coefficient (Wildman–Crippen LogP) is 4.45. The Labute approximate surface area is 177 Å². The molecular formula is C24H28N2O4. The Hall–Kier alpha value is -3.46. The predicted molar refractivity (Wildman–Crippen MR) is 117 cm³/mol. The number of rotatable bonds is 11. The molecular weight excluding hydrogens is 380 g/mol. The molecule has 2 aromatic carbocycles. The first-order valence-corrected chi connectivity index (χ1v) is 10.0. The van der Waals surface area contributed by atoms with E-state index in [2.05, 4.69) is 26.0 Å². The molecule has 2 rings (SSSR count). The molecule has 0 fully saturated rings. The van der Waals surface area contributed by atoms with Crippen LogP contribution in [0.1, 0.15) is 44.2 Å². The first-order chi connectivity index (χ1) is 14.5. The summed E-state index contributed by atoms with van der Waals surface area (Å²) in [5, 5.41) is 8.99. The number of hydrogen-bond donors (Lipinski definition) is 1. The smallest absolute Gasteiger partial charge is 0.259 e. The summed E-state index contributed by atoms with van der Waals surface area (Å²) in [5.41, 5.74) is 6.98. The first-order valence-electron chi connectivity index (χ1n) is 10.0. The first kappa shape index (κ1) is 22.8. The van der Waals surface area contributed by atoms with Crippen LogP contribution in [0.15, 0.2) is 48.0 Å². The Bertz CT molecular complexity index is 914. The zero-order valence-corrected chi connectivity index (χ0v) is 17.7. The highest BCUT2D eigenvalue weighted by atomic mass is 16.5. The number of nitrogens with zero attached hydrogens (tertiary/aromatic N) is 1. The lowest BCUT2D eigenvalue weighted by atomic mass is 9.99. The maximum Gasteiger partial charge on any atom is 0.259 e. The third kappa shape index (κ3) is 6.56. The van der Waals surface area contributed by atoms with Crippen LogP contribution < -0.4 is 19.9 Å². The van der Waals surface area contributed by atoms with Crippen LogP contribution in [-0.4, -0.2) is 25.7 Å². The molecule has 0 spiro atoms. The molecule has 1 atom stereocenters. The van der Waals surface area contributed by atoms with Crippen molar-refractivity contribution in [2.24, 2.45) is 5.73 Å². The van der Waals surface area contributed by atoms with Crippen LogP contribution >= 0.6 is 0 Å². The third-order valence-electron chi connectivity index (χ3n) is 4.64. The second-order valence-corrected chi connectivity index (χ2v) is 6.75. The fourth-order valence-electron chi connectivity index (χ4n) is 2.77. The van der Waals surface area contributed by atoms with Crippen molar-refractivity contribution in [1.82, 2.24) is 0 Å². The van der Waals surface area contributed by atoms with Gasteiger partial charge in [-0.05, 0) is 60.7 Å². The Morgan fingerprint density at radius 3 is 2.37 bits per heavy atom. The number of hydrogen-bond acceptors (Lipinski definition) is 5. The highest BCUT2D eigenvalue weighted by Crippen LogP contribution is 2.29. The molecule has 1 amide bonds. The minimum absolute atomic E-state index is 0.126. The Kier molecular flexibility index (Phi) is 8.76. The van der Waals surface area contributed by atoms with Crippen molar-refractivity contribution < 1.29 is 19.0 Å². The maximum absolute atomic E-state index is 11.2. The topological polar surface area (TPSA) is 94.6 Å². The molecule has 2 N–H and O–H groups in total. The minimum Gasteiger partial charge on any atom is -0.490 e. The standard InChI is InChI=1S/C24H28N2O4/c1-4-17(3)19-7-9-21(10-8-19)29-12-13-30-22-11-6-18(15-23(22)28-5-2)14-20(16-25)24(26)27/h6-11,14-15,17H,4-5,12-13H2,1-3H3,(H2,26,27)/b20-14+/t17-/m1/s1. The number of carbonyl (C=O) groups excluding carboxylic acids is 1. The quantitative estimate of drug-likeness (QED) is 0.337. The zero-order chi connectivity index (χ0) is 21.9. The minimum atomic E-state index is -0.773. The summed E-state index contributed by atoms with van der Waals surface area (Å²) in [4.78, 5) is 11.2. The number of nitrogens with two attached hydrogens (primary N) is 1. The molecule has 30 heavy (non-hydrogen) atoms. The van der Waals surface area contributed by atoms with Crippen molar-refractivity contribution in [3.63, 3.8) is 0 Å². The molecule has 0 saturated heterocycles. The van der Waals surface area contributed by atoms with Crippen LogP contribution in [0.4, 0.5) is 0 Å². The molecule has 0 saturated carbocycles. The number of ether oxygens (including phenoxy) is 3. The second-order valence-electron chi connectivity index (χ2n) is 6.75. The van der Waals surface area contributed by atoms with Crippen LogP contribution in [0.25, 0.3) is 6.08 Å². The van der Waals surface area contributed by atoms with E-state index < -0.39 is 5.91 Å². The fraction of sp³-hybridized carbons (Fsp3) is 0.333. The van der Waals surface area contributed by atoms with Crippen molar-refractivity contribution in [2.45, 2.75) is 33.1 Å². The molecule has 0 unspecified atom stereocenters. The maximum atomic E-state index is 11.2. The highest BCUT2D eigenvalue weighted by molar-refractivity contribution is 6.00. The summed E-state index contributed by atoms with van der Waals surface area (Å²) in [6.45, 7) is 7.41. The summed E-state index contributed by atoms with van der Waals surface area (Å²) in [6.07, 6.45) is 2.52. The van der Waals surface area contributed by atoms with Gasteiger partial charge in [0.15, 0.2) is 11.5 Å². The normalized spacial score (nSPS) is 12.0.